The van der Waals surface area contributed by atoms with Gasteiger partial charge in [-0.2, -0.15) is 13.2 Å². The van der Waals surface area contributed by atoms with E-state index in [0.29, 0.717) is 18.5 Å². The van der Waals surface area contributed by atoms with Crippen LogP contribution in [0.5, 0.6) is 0 Å². The van der Waals surface area contributed by atoms with Gasteiger partial charge in [0, 0.05) is 18.7 Å². The normalized spacial score (nSPS) is 20.8. The molecule has 0 aromatic heterocycles. The van der Waals surface area contributed by atoms with Gasteiger partial charge < -0.3 is 10.2 Å². The highest BCUT2D eigenvalue weighted by Gasteiger charge is 2.44. The lowest BCUT2D eigenvalue weighted by atomic mass is 9.80. The number of anilines is 1. The van der Waals surface area contributed by atoms with Crippen molar-refractivity contribution in [3.05, 3.63) is 30.1 Å². The molecule has 1 aliphatic rings. The number of hydrogen-bond donors (Lipinski definition) is 1. The minimum Gasteiger partial charge on any atom is -0.336 e. The van der Waals surface area contributed by atoms with Gasteiger partial charge in [-0.1, -0.05) is 6.42 Å². The Labute approximate surface area is 143 Å². The number of nitrogens with zero attached hydrogens (tertiary/aromatic N) is 1. The van der Waals surface area contributed by atoms with Crippen LogP contribution < -0.4 is 5.32 Å². The number of hydrogen-bond acceptors (Lipinski definition) is 2. The molecule has 0 spiro atoms. The standard InChI is InChI=1S/C17H20F4N2O2/c1-23(10-15(24)22-14-7-5-13(18)6-8-14)16(25)11-3-2-4-12(9-11)17(19,20)21/h5-8,11-12H,2-4,9-10H2,1H3,(H,22,24)/t11-,12-/m1/s1. The highest BCUT2D eigenvalue weighted by molar-refractivity contribution is 5.94. The number of carbonyl (C=O) groups is 2. The van der Waals surface area contributed by atoms with Gasteiger partial charge in [-0.25, -0.2) is 4.39 Å². The van der Waals surface area contributed by atoms with E-state index in [1.54, 1.807) is 0 Å². The molecule has 1 fully saturated rings. The Bertz CT molecular complexity index is 616. The highest BCUT2D eigenvalue weighted by atomic mass is 19.4. The number of carbonyl (C=O) groups excluding carboxylic acids is 2. The Kier molecular flexibility index (Phi) is 6.02. The first-order valence-electron chi connectivity index (χ1n) is 8.04. The van der Waals surface area contributed by atoms with Crippen molar-refractivity contribution in [2.45, 2.75) is 31.9 Å². The summed E-state index contributed by atoms with van der Waals surface area (Å²) in [5.41, 5.74) is 0.377. The molecule has 2 rings (SSSR count). The molecule has 0 radical (unpaired) electrons. The number of alkyl halides is 3. The second-order valence-corrected chi connectivity index (χ2v) is 6.35. The molecule has 1 aromatic rings. The van der Waals surface area contributed by atoms with Crippen LogP contribution in [0.3, 0.4) is 0 Å². The summed E-state index contributed by atoms with van der Waals surface area (Å²) in [5.74, 6) is -3.57. The molecular weight excluding hydrogens is 340 g/mol. The molecule has 0 unspecified atom stereocenters. The van der Waals surface area contributed by atoms with E-state index in [-0.39, 0.29) is 19.4 Å². The molecule has 1 N–H and O–H groups in total. The lowest BCUT2D eigenvalue weighted by Gasteiger charge is -2.32. The van der Waals surface area contributed by atoms with Gasteiger partial charge in [0.05, 0.1) is 12.5 Å². The lowest BCUT2D eigenvalue weighted by molar-refractivity contribution is -0.187. The SMILES string of the molecule is CN(CC(=O)Nc1ccc(F)cc1)C(=O)[C@@H]1CCC[C@@H](C(F)(F)F)C1. The predicted octanol–water partition coefficient (Wildman–Crippen LogP) is 3.59. The van der Waals surface area contributed by atoms with E-state index in [4.69, 9.17) is 0 Å². The van der Waals surface area contributed by atoms with Crippen molar-refractivity contribution in [3.8, 4) is 0 Å². The Morgan fingerprint density at radius 3 is 2.44 bits per heavy atom. The third-order valence-electron chi connectivity index (χ3n) is 4.37. The number of amides is 2. The molecule has 138 valence electrons. The first-order chi connectivity index (χ1) is 11.7. The van der Waals surface area contributed by atoms with Gasteiger partial charge in [0.15, 0.2) is 0 Å². The second kappa shape index (κ2) is 7.84. The van der Waals surface area contributed by atoms with Crippen LogP contribution in [0.1, 0.15) is 25.7 Å². The van der Waals surface area contributed by atoms with Crippen LogP contribution in [0.15, 0.2) is 24.3 Å². The number of rotatable bonds is 4. The minimum atomic E-state index is -4.29. The molecule has 1 saturated carbocycles. The van der Waals surface area contributed by atoms with Crippen molar-refractivity contribution in [2.24, 2.45) is 11.8 Å². The summed E-state index contributed by atoms with van der Waals surface area (Å²) < 4.78 is 51.3. The first-order valence-corrected chi connectivity index (χ1v) is 8.04. The average molecular weight is 360 g/mol. The van der Waals surface area contributed by atoms with Crippen molar-refractivity contribution in [1.82, 2.24) is 4.90 Å². The molecule has 0 saturated heterocycles. The van der Waals surface area contributed by atoms with Crippen LogP contribution in [0.4, 0.5) is 23.2 Å². The van der Waals surface area contributed by atoms with Gasteiger partial charge in [0.1, 0.15) is 5.82 Å². The summed E-state index contributed by atoms with van der Waals surface area (Å²) >= 11 is 0. The van der Waals surface area contributed by atoms with Gasteiger partial charge in [0.25, 0.3) is 0 Å². The molecule has 25 heavy (non-hydrogen) atoms. The summed E-state index contributed by atoms with van der Waals surface area (Å²) in [4.78, 5) is 25.4. The van der Waals surface area contributed by atoms with Crippen LogP contribution >= 0.6 is 0 Å². The molecule has 2 amide bonds. The molecule has 1 aliphatic carbocycles. The van der Waals surface area contributed by atoms with E-state index in [1.165, 1.54) is 31.3 Å². The van der Waals surface area contributed by atoms with Gasteiger partial charge in [-0.3, -0.25) is 9.59 Å². The summed E-state index contributed by atoms with van der Waals surface area (Å²) in [6.07, 6.45) is -3.74. The fraction of sp³-hybridized carbons (Fsp3) is 0.529. The number of likely N-dealkylation sites (N-methyl/N-ethyl adjacent to an activating group) is 1. The minimum absolute atomic E-state index is 0.0437. The van der Waals surface area contributed by atoms with E-state index >= 15 is 0 Å². The average Bonchev–Trinajstić information content (AvgIpc) is 2.55. The van der Waals surface area contributed by atoms with Gasteiger partial charge in [-0.05, 0) is 43.5 Å². The fourth-order valence-corrected chi connectivity index (χ4v) is 3.05. The van der Waals surface area contributed by atoms with Gasteiger partial charge in [-0.15, -0.1) is 0 Å². The monoisotopic (exact) mass is 360 g/mol. The number of benzene rings is 1. The van der Waals surface area contributed by atoms with Gasteiger partial charge in [0.2, 0.25) is 11.8 Å². The Morgan fingerprint density at radius 1 is 1.20 bits per heavy atom. The summed E-state index contributed by atoms with van der Waals surface area (Å²) in [6, 6.07) is 5.13. The third kappa shape index (κ3) is 5.44. The zero-order chi connectivity index (χ0) is 18.6. The fourth-order valence-electron chi connectivity index (χ4n) is 3.05. The molecule has 0 heterocycles. The lowest BCUT2D eigenvalue weighted by Crippen LogP contribution is -2.41. The van der Waals surface area contributed by atoms with E-state index in [9.17, 15) is 27.2 Å². The van der Waals surface area contributed by atoms with Crippen molar-refractivity contribution in [2.75, 3.05) is 18.9 Å². The van der Waals surface area contributed by atoms with E-state index < -0.39 is 35.6 Å². The Morgan fingerprint density at radius 2 is 1.84 bits per heavy atom. The maximum Gasteiger partial charge on any atom is 0.391 e. The zero-order valence-corrected chi connectivity index (χ0v) is 13.8. The second-order valence-electron chi connectivity index (χ2n) is 6.35. The third-order valence-corrected chi connectivity index (χ3v) is 4.37. The van der Waals surface area contributed by atoms with Crippen molar-refractivity contribution >= 4 is 17.5 Å². The molecule has 4 nitrogen and oxygen atoms in total. The maximum absolute atomic E-state index is 12.8. The zero-order valence-electron chi connectivity index (χ0n) is 13.8. The van der Waals surface area contributed by atoms with Crippen molar-refractivity contribution in [1.29, 1.82) is 0 Å². The predicted molar refractivity (Wildman–Crippen MR) is 84.2 cm³/mol. The largest absolute Gasteiger partial charge is 0.391 e. The molecule has 1 aromatic carbocycles. The van der Waals surface area contributed by atoms with E-state index in [0.717, 1.165) is 4.90 Å². The number of halogens is 4. The van der Waals surface area contributed by atoms with E-state index in [2.05, 4.69) is 5.32 Å². The van der Waals surface area contributed by atoms with Gasteiger partial charge >= 0.3 is 6.18 Å². The smallest absolute Gasteiger partial charge is 0.336 e. The topological polar surface area (TPSA) is 49.4 Å². The Hall–Kier alpha value is -2.12. The molecular formula is C17H20F4N2O2. The molecule has 2 atom stereocenters. The molecule has 0 aliphatic heterocycles. The quantitative estimate of drug-likeness (QED) is 0.835. The first kappa shape index (κ1) is 19.2. The Balaban J connectivity index is 1.88. The van der Waals surface area contributed by atoms with Crippen LogP contribution in [0, 0.1) is 17.7 Å². The summed E-state index contributed by atoms with van der Waals surface area (Å²) in [5, 5.41) is 2.51. The van der Waals surface area contributed by atoms with Crippen LogP contribution in [-0.2, 0) is 9.59 Å². The van der Waals surface area contributed by atoms with Crippen LogP contribution in [-0.4, -0.2) is 36.5 Å². The highest BCUT2D eigenvalue weighted by Crippen LogP contribution is 2.40. The number of nitrogens with one attached hydrogen (secondary N) is 1. The molecule has 8 heteroatoms. The van der Waals surface area contributed by atoms with E-state index in [1.807, 2.05) is 0 Å². The summed E-state index contributed by atoms with van der Waals surface area (Å²) in [6.45, 7) is -0.274. The summed E-state index contributed by atoms with van der Waals surface area (Å²) in [7, 11) is 1.39. The van der Waals surface area contributed by atoms with Crippen molar-refractivity contribution in [3.63, 3.8) is 0 Å². The van der Waals surface area contributed by atoms with Crippen molar-refractivity contribution < 1.29 is 27.2 Å². The molecule has 0 bridgehead atoms. The van der Waals surface area contributed by atoms with Crippen LogP contribution in [0.25, 0.3) is 0 Å². The van der Waals surface area contributed by atoms with Crippen LogP contribution in [0.2, 0.25) is 0 Å². The maximum atomic E-state index is 12.8.